The second-order valence-electron chi connectivity index (χ2n) is 7.34. The third kappa shape index (κ3) is 10.2. The molecule has 1 heterocycles. The van der Waals surface area contributed by atoms with Crippen LogP contribution < -0.4 is 20.1 Å². The van der Waals surface area contributed by atoms with Crippen LogP contribution in [-0.2, 0) is 11.3 Å². The third-order valence-electron chi connectivity index (χ3n) is 4.67. The van der Waals surface area contributed by atoms with Gasteiger partial charge in [-0.2, -0.15) is 8.78 Å². The number of aliphatic imine (C=N–C) groups is 1. The van der Waals surface area contributed by atoms with E-state index in [4.69, 9.17) is 9.47 Å². The van der Waals surface area contributed by atoms with E-state index in [0.717, 1.165) is 32.6 Å². The van der Waals surface area contributed by atoms with Crippen molar-refractivity contribution < 1.29 is 23.0 Å². The average molecular weight is 556 g/mol. The van der Waals surface area contributed by atoms with Crippen molar-refractivity contribution >= 4 is 29.9 Å². The minimum Gasteiger partial charge on any atom is -0.497 e. The van der Waals surface area contributed by atoms with Gasteiger partial charge in [-0.3, -0.25) is 4.90 Å². The van der Waals surface area contributed by atoms with Crippen LogP contribution in [0.5, 0.6) is 11.5 Å². The number of hydrogen-bond donors (Lipinski definition) is 2. The molecule has 0 aromatic heterocycles. The van der Waals surface area contributed by atoms with Gasteiger partial charge < -0.3 is 24.8 Å². The zero-order chi connectivity index (χ0) is 21.9. The number of guanidine groups is 1. The van der Waals surface area contributed by atoms with Gasteiger partial charge in [-0.25, -0.2) is 4.99 Å². The maximum atomic E-state index is 12.7. The number of morpholine rings is 1. The minimum atomic E-state index is -2.89. The number of rotatable bonds is 10. The number of benzene rings is 1. The molecule has 0 spiro atoms. The Bertz CT molecular complexity index is 672. The maximum absolute atomic E-state index is 12.7. The highest BCUT2D eigenvalue weighted by atomic mass is 127. The van der Waals surface area contributed by atoms with Gasteiger partial charge >= 0.3 is 6.61 Å². The first kappa shape index (κ1) is 27.6. The second kappa shape index (κ2) is 14.6. The Balaban J connectivity index is 0.00000480. The van der Waals surface area contributed by atoms with Gasteiger partial charge in [-0.05, 0) is 45.4 Å². The lowest BCUT2D eigenvalue weighted by Crippen LogP contribution is -2.46. The quantitative estimate of drug-likeness (QED) is 0.199. The van der Waals surface area contributed by atoms with Crippen LogP contribution in [-0.4, -0.2) is 69.5 Å². The fourth-order valence-electron chi connectivity index (χ4n) is 3.50. The van der Waals surface area contributed by atoms with Gasteiger partial charge in [0.2, 0.25) is 0 Å². The van der Waals surface area contributed by atoms with Gasteiger partial charge in [-0.15, -0.1) is 24.0 Å². The van der Waals surface area contributed by atoms with Crippen LogP contribution in [0.4, 0.5) is 8.78 Å². The summed E-state index contributed by atoms with van der Waals surface area (Å²) in [5, 5.41) is 6.48. The van der Waals surface area contributed by atoms with Gasteiger partial charge in [0.15, 0.2) is 5.96 Å². The highest BCUT2D eigenvalue weighted by Gasteiger charge is 2.21. The summed E-state index contributed by atoms with van der Waals surface area (Å²) in [5.41, 5.74) is 0.531. The van der Waals surface area contributed by atoms with E-state index in [9.17, 15) is 8.78 Å². The van der Waals surface area contributed by atoms with Crippen molar-refractivity contribution in [1.29, 1.82) is 0 Å². The summed E-state index contributed by atoms with van der Waals surface area (Å²) in [7, 11) is 1.53. The largest absolute Gasteiger partial charge is 0.497 e. The van der Waals surface area contributed by atoms with Crippen LogP contribution in [0.3, 0.4) is 0 Å². The summed E-state index contributed by atoms with van der Waals surface area (Å²) in [4.78, 5) is 6.93. The van der Waals surface area contributed by atoms with E-state index in [1.807, 2.05) is 6.92 Å². The van der Waals surface area contributed by atoms with Gasteiger partial charge in [0.1, 0.15) is 11.5 Å². The fraction of sp³-hybridized carbons (Fsp3) is 0.667. The summed E-state index contributed by atoms with van der Waals surface area (Å²) in [6.07, 6.45) is 1.48. The van der Waals surface area contributed by atoms with Crippen LogP contribution in [0.15, 0.2) is 23.2 Å². The highest BCUT2D eigenvalue weighted by Crippen LogP contribution is 2.26. The monoisotopic (exact) mass is 556 g/mol. The van der Waals surface area contributed by atoms with Crippen LogP contribution in [0.25, 0.3) is 0 Å². The first-order valence-corrected chi connectivity index (χ1v) is 10.4. The molecule has 0 radical (unpaired) electrons. The van der Waals surface area contributed by atoms with Crippen molar-refractivity contribution in [2.24, 2.45) is 4.99 Å². The molecule has 2 unspecified atom stereocenters. The van der Waals surface area contributed by atoms with Crippen molar-refractivity contribution in [2.45, 2.75) is 52.6 Å². The van der Waals surface area contributed by atoms with E-state index < -0.39 is 6.61 Å². The number of alkyl halides is 2. The number of nitrogens with zero attached hydrogens (tertiary/aromatic N) is 2. The molecule has 2 atom stereocenters. The molecule has 31 heavy (non-hydrogen) atoms. The maximum Gasteiger partial charge on any atom is 0.387 e. The fourth-order valence-corrected chi connectivity index (χ4v) is 3.50. The van der Waals surface area contributed by atoms with Gasteiger partial charge in [0.25, 0.3) is 0 Å². The molecule has 1 saturated heterocycles. The second-order valence-corrected chi connectivity index (χ2v) is 7.34. The topological polar surface area (TPSA) is 67.4 Å². The first-order valence-electron chi connectivity index (χ1n) is 10.4. The lowest BCUT2D eigenvalue weighted by molar-refractivity contribution is -0.0679. The summed E-state index contributed by atoms with van der Waals surface area (Å²) in [5.74, 6) is 1.29. The van der Waals surface area contributed by atoms with Crippen molar-refractivity contribution in [3.63, 3.8) is 0 Å². The number of methoxy groups -OCH3 is 1. The molecule has 1 aliphatic heterocycles. The Labute approximate surface area is 200 Å². The predicted molar refractivity (Wildman–Crippen MR) is 129 cm³/mol. The molecule has 10 heteroatoms. The molecule has 1 fully saturated rings. The highest BCUT2D eigenvalue weighted by molar-refractivity contribution is 14.0. The van der Waals surface area contributed by atoms with Crippen molar-refractivity contribution in [3.8, 4) is 11.5 Å². The molecule has 0 saturated carbocycles. The van der Waals surface area contributed by atoms with E-state index in [2.05, 4.69) is 39.1 Å². The third-order valence-corrected chi connectivity index (χ3v) is 4.67. The average Bonchev–Trinajstić information content (AvgIpc) is 2.69. The van der Waals surface area contributed by atoms with Crippen molar-refractivity contribution in [3.05, 3.63) is 23.8 Å². The number of hydrogen-bond acceptors (Lipinski definition) is 5. The van der Waals surface area contributed by atoms with Crippen molar-refractivity contribution in [2.75, 3.05) is 39.8 Å². The van der Waals surface area contributed by atoms with Gasteiger partial charge in [0.05, 0.1) is 25.9 Å². The predicted octanol–water partition coefficient (Wildman–Crippen LogP) is 3.47. The normalized spacial score (nSPS) is 19.6. The Hall–Kier alpha value is -1.40. The summed E-state index contributed by atoms with van der Waals surface area (Å²) in [6.45, 7) is 7.79. The molecular formula is C21H35F2IN4O3. The number of nitrogens with one attached hydrogen (secondary N) is 2. The standard InChI is InChI=1S/C21H34F2N4O3.HI/c1-5-24-21(25-9-6-10-27-13-15(2)29-16(3)14-27)26-12-17-11-18(28-4)7-8-19(17)30-20(22)23;/h7-8,11,15-16,20H,5-6,9-10,12-14H2,1-4H3,(H2,24,25,26);1H. The van der Waals surface area contributed by atoms with E-state index >= 15 is 0 Å². The lowest BCUT2D eigenvalue weighted by atomic mass is 10.2. The molecule has 1 aliphatic rings. The lowest BCUT2D eigenvalue weighted by Gasteiger charge is -2.35. The minimum absolute atomic E-state index is 0. The zero-order valence-corrected chi connectivity index (χ0v) is 21.0. The number of halogens is 3. The van der Waals surface area contributed by atoms with E-state index in [0.29, 0.717) is 23.8 Å². The smallest absolute Gasteiger partial charge is 0.387 e. The molecule has 178 valence electrons. The molecule has 0 aliphatic carbocycles. The SMILES string of the molecule is CCNC(=NCc1cc(OC)ccc1OC(F)F)NCCCN1CC(C)OC(C)C1.I. The molecule has 0 amide bonds. The molecule has 1 aromatic carbocycles. The molecule has 7 nitrogen and oxygen atoms in total. The summed E-state index contributed by atoms with van der Waals surface area (Å²) < 4.78 is 40.9. The van der Waals surface area contributed by atoms with Crippen LogP contribution in [0, 0.1) is 0 Å². The Morgan fingerprint density at radius 2 is 1.97 bits per heavy atom. The molecule has 1 aromatic rings. The van der Waals surface area contributed by atoms with E-state index in [-0.39, 0.29) is 48.5 Å². The van der Waals surface area contributed by atoms with Gasteiger partial charge in [-0.1, -0.05) is 0 Å². The van der Waals surface area contributed by atoms with E-state index in [1.165, 1.54) is 13.2 Å². The van der Waals surface area contributed by atoms with Gasteiger partial charge in [0, 0.05) is 38.3 Å². The molecule has 2 N–H and O–H groups in total. The van der Waals surface area contributed by atoms with E-state index in [1.54, 1.807) is 12.1 Å². The van der Waals surface area contributed by atoms with Crippen LogP contribution >= 0.6 is 24.0 Å². The van der Waals surface area contributed by atoms with Crippen molar-refractivity contribution in [1.82, 2.24) is 15.5 Å². The van der Waals surface area contributed by atoms with Crippen LogP contribution in [0.2, 0.25) is 0 Å². The Kier molecular flexibility index (Phi) is 13.0. The summed E-state index contributed by atoms with van der Waals surface area (Å²) in [6, 6.07) is 4.72. The molecule has 2 rings (SSSR count). The summed E-state index contributed by atoms with van der Waals surface area (Å²) >= 11 is 0. The zero-order valence-electron chi connectivity index (χ0n) is 18.7. The Morgan fingerprint density at radius 3 is 2.58 bits per heavy atom. The Morgan fingerprint density at radius 1 is 1.26 bits per heavy atom. The molecular weight excluding hydrogens is 521 g/mol. The first-order chi connectivity index (χ1) is 14.4. The van der Waals surface area contributed by atoms with Crippen LogP contribution in [0.1, 0.15) is 32.8 Å². The number of ether oxygens (including phenoxy) is 3. The molecule has 0 bridgehead atoms.